The van der Waals surface area contributed by atoms with Gasteiger partial charge in [0.2, 0.25) is 5.91 Å². The van der Waals surface area contributed by atoms with E-state index in [-0.39, 0.29) is 17.6 Å². The molecule has 0 radical (unpaired) electrons. The first-order valence-electron chi connectivity index (χ1n) is 9.15. The number of likely N-dealkylation sites (tertiary alicyclic amines) is 1. The average Bonchev–Trinajstić information content (AvgIpc) is 2.68. The number of carboxylic acids is 1. The van der Waals surface area contributed by atoms with Crippen LogP contribution >= 0.6 is 0 Å². The van der Waals surface area contributed by atoms with E-state index in [4.69, 9.17) is 14.6 Å². The number of aromatic carboxylic acids is 1. The summed E-state index contributed by atoms with van der Waals surface area (Å²) in [5.74, 6) is -0.973. The lowest BCUT2D eigenvalue weighted by molar-refractivity contribution is -0.130. The second kappa shape index (κ2) is 8.96. The molecule has 1 aromatic carbocycles. The third-order valence-corrected chi connectivity index (χ3v) is 4.88. The molecule has 2 saturated heterocycles. The molecule has 0 spiro atoms. The number of carboxylic acid groups (broad SMARTS) is 1. The Hall–Kier alpha value is -2.18. The zero-order valence-electron chi connectivity index (χ0n) is 14.8. The summed E-state index contributed by atoms with van der Waals surface area (Å²) in [7, 11) is 0. The number of carbonyl (C=O) groups excluding carboxylic acids is 1. The van der Waals surface area contributed by atoms with Gasteiger partial charge in [0, 0.05) is 32.4 Å². The number of hydrogen-bond acceptors (Lipinski definition) is 4. The van der Waals surface area contributed by atoms with Crippen LogP contribution < -0.4 is 0 Å². The molecule has 1 aromatic rings. The molecule has 140 valence electrons. The number of ether oxygens (including phenoxy) is 2. The molecule has 0 saturated carbocycles. The fourth-order valence-corrected chi connectivity index (χ4v) is 3.31. The maximum Gasteiger partial charge on any atom is 0.335 e. The molecule has 2 aliphatic rings. The van der Waals surface area contributed by atoms with Gasteiger partial charge in [-0.1, -0.05) is 12.1 Å². The summed E-state index contributed by atoms with van der Waals surface area (Å²) < 4.78 is 11.5. The first-order chi connectivity index (χ1) is 12.6. The van der Waals surface area contributed by atoms with Crippen LogP contribution in [0, 0.1) is 0 Å². The summed E-state index contributed by atoms with van der Waals surface area (Å²) >= 11 is 0. The Bertz CT molecular complexity index is 641. The minimum atomic E-state index is -0.956. The average molecular weight is 359 g/mol. The molecular weight excluding hydrogens is 334 g/mol. The summed E-state index contributed by atoms with van der Waals surface area (Å²) in [6, 6.07) is 6.46. The molecule has 2 heterocycles. The van der Waals surface area contributed by atoms with Gasteiger partial charge in [0.1, 0.15) is 0 Å². The van der Waals surface area contributed by atoms with Crippen LogP contribution in [0.15, 0.2) is 30.3 Å². The van der Waals surface area contributed by atoms with Crippen molar-refractivity contribution in [1.29, 1.82) is 0 Å². The first-order valence-corrected chi connectivity index (χ1v) is 9.15. The molecule has 0 unspecified atom stereocenters. The molecule has 1 N–H and O–H groups in total. The normalized spacial score (nSPS) is 19.8. The number of benzene rings is 1. The molecule has 0 aromatic heterocycles. The standard InChI is InChI=1S/C20H25NO5/c22-19(6-3-15-1-4-16(5-2-15)20(23)24)21-11-7-17(8-12-21)26-18-9-13-25-14-10-18/h1-6,17-18H,7-14H2,(H,23,24). The Balaban J connectivity index is 1.44. The minimum absolute atomic E-state index is 0.0168. The monoisotopic (exact) mass is 359 g/mol. The van der Waals surface area contributed by atoms with Crippen LogP contribution in [-0.4, -0.2) is 60.4 Å². The van der Waals surface area contributed by atoms with Gasteiger partial charge in [-0.2, -0.15) is 0 Å². The van der Waals surface area contributed by atoms with Gasteiger partial charge in [0.15, 0.2) is 0 Å². The van der Waals surface area contributed by atoms with Crippen LogP contribution in [-0.2, 0) is 14.3 Å². The number of hydrogen-bond donors (Lipinski definition) is 1. The smallest absolute Gasteiger partial charge is 0.335 e. The van der Waals surface area contributed by atoms with E-state index in [0.29, 0.717) is 19.2 Å². The van der Waals surface area contributed by atoms with Gasteiger partial charge in [0.05, 0.1) is 17.8 Å². The highest BCUT2D eigenvalue weighted by molar-refractivity contribution is 5.92. The van der Waals surface area contributed by atoms with Crippen molar-refractivity contribution < 1.29 is 24.2 Å². The Morgan fingerprint density at radius 3 is 2.27 bits per heavy atom. The fourth-order valence-electron chi connectivity index (χ4n) is 3.31. The largest absolute Gasteiger partial charge is 0.478 e. The quantitative estimate of drug-likeness (QED) is 0.818. The third-order valence-electron chi connectivity index (χ3n) is 4.88. The van der Waals surface area contributed by atoms with Gasteiger partial charge in [-0.15, -0.1) is 0 Å². The van der Waals surface area contributed by atoms with Crippen LogP contribution in [0.5, 0.6) is 0 Å². The highest BCUT2D eigenvalue weighted by Crippen LogP contribution is 2.20. The molecule has 0 atom stereocenters. The van der Waals surface area contributed by atoms with E-state index in [2.05, 4.69) is 0 Å². The van der Waals surface area contributed by atoms with Gasteiger partial charge in [0.25, 0.3) is 0 Å². The van der Waals surface area contributed by atoms with E-state index in [1.165, 1.54) is 12.1 Å². The van der Waals surface area contributed by atoms with Crippen LogP contribution in [0.25, 0.3) is 6.08 Å². The number of nitrogens with zero attached hydrogens (tertiary/aromatic N) is 1. The highest BCUT2D eigenvalue weighted by Gasteiger charge is 2.25. The van der Waals surface area contributed by atoms with Gasteiger partial charge in [-0.3, -0.25) is 4.79 Å². The van der Waals surface area contributed by atoms with Crippen molar-refractivity contribution in [1.82, 2.24) is 4.90 Å². The second-order valence-corrected chi connectivity index (χ2v) is 6.73. The van der Waals surface area contributed by atoms with Crippen molar-refractivity contribution >= 4 is 18.0 Å². The van der Waals surface area contributed by atoms with Crippen molar-refractivity contribution in [2.24, 2.45) is 0 Å². The van der Waals surface area contributed by atoms with E-state index in [9.17, 15) is 9.59 Å². The van der Waals surface area contributed by atoms with E-state index < -0.39 is 5.97 Å². The molecule has 6 nitrogen and oxygen atoms in total. The Kier molecular flexibility index (Phi) is 6.41. The number of amides is 1. The molecule has 0 bridgehead atoms. The van der Waals surface area contributed by atoms with Crippen molar-refractivity contribution in [2.75, 3.05) is 26.3 Å². The van der Waals surface area contributed by atoms with E-state index >= 15 is 0 Å². The molecule has 26 heavy (non-hydrogen) atoms. The van der Waals surface area contributed by atoms with Crippen LogP contribution in [0.4, 0.5) is 0 Å². The van der Waals surface area contributed by atoms with Crippen molar-refractivity contribution in [2.45, 2.75) is 37.9 Å². The molecule has 1 amide bonds. The minimum Gasteiger partial charge on any atom is -0.478 e. The number of rotatable bonds is 5. The maximum absolute atomic E-state index is 12.3. The lowest BCUT2D eigenvalue weighted by atomic mass is 10.1. The summed E-state index contributed by atoms with van der Waals surface area (Å²) in [6.07, 6.45) is 7.45. The van der Waals surface area contributed by atoms with E-state index in [0.717, 1.165) is 44.5 Å². The zero-order valence-corrected chi connectivity index (χ0v) is 14.8. The molecule has 3 rings (SSSR count). The van der Waals surface area contributed by atoms with E-state index in [1.54, 1.807) is 24.3 Å². The Morgan fingerprint density at radius 2 is 1.65 bits per heavy atom. The topological polar surface area (TPSA) is 76.1 Å². The molecule has 6 heteroatoms. The zero-order chi connectivity index (χ0) is 18.4. The van der Waals surface area contributed by atoms with Crippen LogP contribution in [0.1, 0.15) is 41.6 Å². The predicted octanol–water partition coefficient (Wildman–Crippen LogP) is 2.58. The van der Waals surface area contributed by atoms with Crippen molar-refractivity contribution in [3.05, 3.63) is 41.5 Å². The van der Waals surface area contributed by atoms with Crippen LogP contribution in [0.2, 0.25) is 0 Å². The lowest BCUT2D eigenvalue weighted by Gasteiger charge is -2.34. The fraction of sp³-hybridized carbons (Fsp3) is 0.500. The van der Waals surface area contributed by atoms with Crippen LogP contribution in [0.3, 0.4) is 0 Å². The summed E-state index contributed by atoms with van der Waals surface area (Å²) in [6.45, 7) is 2.96. The van der Waals surface area contributed by atoms with Gasteiger partial charge >= 0.3 is 5.97 Å². The van der Waals surface area contributed by atoms with E-state index in [1.807, 2.05) is 4.90 Å². The SMILES string of the molecule is O=C(O)c1ccc(C=CC(=O)N2CCC(OC3CCOCC3)CC2)cc1. The first kappa shape index (κ1) is 18.6. The highest BCUT2D eigenvalue weighted by atomic mass is 16.5. The van der Waals surface area contributed by atoms with Crippen molar-refractivity contribution in [3.63, 3.8) is 0 Å². The molecule has 2 fully saturated rings. The third kappa shape index (κ3) is 5.16. The van der Waals surface area contributed by atoms with Gasteiger partial charge in [-0.05, 0) is 49.5 Å². The van der Waals surface area contributed by atoms with Gasteiger partial charge < -0.3 is 19.5 Å². The summed E-state index contributed by atoms with van der Waals surface area (Å²) in [4.78, 5) is 25.0. The molecule has 0 aliphatic carbocycles. The summed E-state index contributed by atoms with van der Waals surface area (Å²) in [5, 5.41) is 8.89. The maximum atomic E-state index is 12.3. The number of piperidine rings is 1. The van der Waals surface area contributed by atoms with Gasteiger partial charge in [-0.25, -0.2) is 4.79 Å². The lowest BCUT2D eigenvalue weighted by Crippen LogP contribution is -2.41. The Morgan fingerprint density at radius 1 is 1.04 bits per heavy atom. The summed E-state index contributed by atoms with van der Waals surface area (Å²) in [5.41, 5.74) is 1.04. The second-order valence-electron chi connectivity index (χ2n) is 6.73. The molecule has 2 aliphatic heterocycles. The molecular formula is C20H25NO5. The number of carbonyl (C=O) groups is 2. The van der Waals surface area contributed by atoms with Crippen molar-refractivity contribution in [3.8, 4) is 0 Å². The predicted molar refractivity (Wildman–Crippen MR) is 97.0 cm³/mol. The Labute approximate surface area is 153 Å².